The molecule has 440 valence electrons. The second-order valence-electron chi connectivity index (χ2n) is 24.1. The third kappa shape index (κ3) is 20.6. The maximum absolute atomic E-state index is 14.3. The van der Waals surface area contributed by atoms with Gasteiger partial charge in [-0.1, -0.05) is 81.4 Å². The summed E-state index contributed by atoms with van der Waals surface area (Å²) in [4.78, 5) is 123. The molecule has 5 unspecified atom stereocenters. The molecule has 0 bridgehead atoms. The van der Waals surface area contributed by atoms with Crippen LogP contribution in [-0.4, -0.2) is 153 Å². The van der Waals surface area contributed by atoms with Crippen molar-refractivity contribution in [2.24, 2.45) is 27.9 Å². The summed E-state index contributed by atoms with van der Waals surface area (Å²) >= 11 is 0. The highest BCUT2D eigenvalue weighted by molar-refractivity contribution is 7.90. The van der Waals surface area contributed by atoms with E-state index >= 15 is 0 Å². The van der Waals surface area contributed by atoms with Crippen LogP contribution < -0.4 is 37.0 Å². The second-order valence-corrected chi connectivity index (χ2v) is 25.8. The molecule has 0 aliphatic carbocycles. The van der Waals surface area contributed by atoms with Crippen molar-refractivity contribution < 1.29 is 56.3 Å². The molecule has 1 aromatic carbocycles. The van der Waals surface area contributed by atoms with Gasteiger partial charge in [0, 0.05) is 61.4 Å². The van der Waals surface area contributed by atoms with Crippen LogP contribution in [0.25, 0.3) is 0 Å². The van der Waals surface area contributed by atoms with Gasteiger partial charge in [-0.05, 0) is 107 Å². The van der Waals surface area contributed by atoms with Crippen molar-refractivity contribution in [1.82, 2.24) is 40.7 Å². The first kappa shape index (κ1) is 66.8. The van der Waals surface area contributed by atoms with Gasteiger partial charge in [-0.2, -0.15) is 0 Å². The number of likely N-dealkylation sites (tertiary alicyclic amines) is 1. The molecular formula is C56H88N10O12S. The Morgan fingerprint density at radius 2 is 1.46 bits per heavy atom. The van der Waals surface area contributed by atoms with Gasteiger partial charge in [-0.25, -0.2) is 17.9 Å². The number of benzene rings is 1. The Balaban J connectivity index is 1.70. The number of carbonyl (C=O) groups excluding carboxylic acids is 9. The Hall–Kier alpha value is -6.46. The van der Waals surface area contributed by atoms with Crippen molar-refractivity contribution in [1.29, 1.82) is 0 Å². The van der Waals surface area contributed by atoms with E-state index in [1.165, 1.54) is 61.2 Å². The number of rotatable bonds is 28. The smallest absolute Gasteiger partial charge is 0.312 e. The molecule has 0 saturated carbocycles. The molecule has 1 fully saturated rings. The largest absolute Gasteiger partial charge is 0.380 e. The van der Waals surface area contributed by atoms with Crippen LogP contribution in [0.3, 0.4) is 0 Å². The van der Waals surface area contributed by atoms with Crippen molar-refractivity contribution in [3.8, 4) is 0 Å². The molecule has 10 amide bonds. The lowest BCUT2D eigenvalue weighted by Gasteiger charge is -2.41. The SMILES string of the molecule is C=C(C)C(NC(=O)CC(C)(C)COCC(C)(C)CN1C(=O)C=CC1=O)C(=O)NC(CCCNC(N)=O)C(=O)Nc1ccc(S(=O)(=O)NC(=O)C(C)=CC(C(C)C)N(C)C(=O)C(NC(=O)C2CCCCN2C(C)C)C(C)(C)C)cc1. The number of hydrogen-bond donors (Lipinski definition) is 7. The van der Waals surface area contributed by atoms with Crippen LogP contribution in [0.1, 0.15) is 129 Å². The number of carbonyl (C=O) groups is 9. The third-order valence-corrected chi connectivity index (χ3v) is 14.9. The van der Waals surface area contributed by atoms with Crippen LogP contribution in [-0.2, 0) is 53.1 Å². The molecule has 0 aromatic heterocycles. The lowest BCUT2D eigenvalue weighted by molar-refractivity contribution is -0.142. The van der Waals surface area contributed by atoms with Crippen LogP contribution in [0.4, 0.5) is 10.5 Å². The first-order valence-electron chi connectivity index (χ1n) is 26.9. The summed E-state index contributed by atoms with van der Waals surface area (Å²) in [5.41, 5.74) is 3.62. The van der Waals surface area contributed by atoms with Gasteiger partial charge in [0.15, 0.2) is 0 Å². The third-order valence-electron chi connectivity index (χ3n) is 13.6. The number of amides is 10. The van der Waals surface area contributed by atoms with Gasteiger partial charge in [0.1, 0.15) is 18.1 Å². The minimum absolute atomic E-state index is 0.00947. The van der Waals surface area contributed by atoms with E-state index < -0.39 is 91.9 Å². The molecule has 1 saturated heterocycles. The number of ether oxygens (including phenoxy) is 1. The Bertz CT molecular complexity index is 2570. The van der Waals surface area contributed by atoms with E-state index in [4.69, 9.17) is 10.5 Å². The minimum Gasteiger partial charge on any atom is -0.380 e. The highest BCUT2D eigenvalue weighted by Gasteiger charge is 2.40. The monoisotopic (exact) mass is 1120 g/mol. The number of likely N-dealkylation sites (N-methyl/N-ethyl adjacent to an activating group) is 1. The lowest BCUT2D eigenvalue weighted by atomic mass is 9.84. The summed E-state index contributed by atoms with van der Waals surface area (Å²) in [7, 11) is -2.89. The molecular weight excluding hydrogens is 1040 g/mol. The zero-order valence-corrected chi connectivity index (χ0v) is 49.6. The van der Waals surface area contributed by atoms with Gasteiger partial charge in [-0.3, -0.25) is 48.2 Å². The van der Waals surface area contributed by atoms with E-state index in [0.717, 1.165) is 24.3 Å². The molecule has 3 rings (SSSR count). The Labute approximate surface area is 467 Å². The average Bonchev–Trinajstić information content (AvgIpc) is 3.65. The molecule has 2 aliphatic rings. The molecule has 23 heteroatoms. The molecule has 79 heavy (non-hydrogen) atoms. The van der Waals surface area contributed by atoms with Gasteiger partial charge in [0.05, 0.1) is 30.2 Å². The standard InChI is InChI=1S/C56H88N10O12S/c1-34(2)42(64(15)52(74)47(54(8,9)10)62-50(72)41-20-16-17-28-65(41)36(5)6)29-37(7)48(70)63-79(76,77)39-23-21-38(22-24-39)59-49(71)40(19-18-27-58-53(57)75)60-51(73)46(35(3)4)61-43(67)30-55(11,12)32-78-33-56(13,14)31-66-44(68)25-26-45(66)69/h21-26,29,34,36,40-42,46-47H,3,16-20,27-28,30-33H2,1-2,4-15H3,(H,59,71)(H,60,73)(H,61,67)(H,62,72)(H,63,70)(H3,57,58,75). The summed E-state index contributed by atoms with van der Waals surface area (Å²) in [6.45, 7) is 28.8. The van der Waals surface area contributed by atoms with Gasteiger partial charge < -0.3 is 42.0 Å². The van der Waals surface area contributed by atoms with E-state index in [-0.39, 0.29) is 97.1 Å². The molecule has 5 atom stereocenters. The van der Waals surface area contributed by atoms with Gasteiger partial charge in [-0.15, -0.1) is 0 Å². The molecule has 2 aliphatic heterocycles. The molecule has 2 heterocycles. The van der Waals surface area contributed by atoms with Gasteiger partial charge >= 0.3 is 6.03 Å². The number of piperidine rings is 1. The van der Waals surface area contributed by atoms with Crippen molar-refractivity contribution in [2.75, 3.05) is 45.2 Å². The summed E-state index contributed by atoms with van der Waals surface area (Å²) in [5, 5.41) is 13.5. The fourth-order valence-corrected chi connectivity index (χ4v) is 10.2. The molecule has 0 radical (unpaired) electrons. The summed E-state index contributed by atoms with van der Waals surface area (Å²) < 4.78 is 35.2. The number of nitrogens with two attached hydrogens (primary N) is 1. The van der Waals surface area contributed by atoms with Crippen molar-refractivity contribution in [3.63, 3.8) is 0 Å². The number of primary amides is 1. The van der Waals surface area contributed by atoms with E-state index in [2.05, 4.69) is 42.8 Å². The molecule has 22 nitrogen and oxygen atoms in total. The highest BCUT2D eigenvalue weighted by Crippen LogP contribution is 2.28. The normalized spacial score (nSPS) is 17.1. The van der Waals surface area contributed by atoms with Crippen LogP contribution in [0.5, 0.6) is 0 Å². The topological polar surface area (TPSA) is 305 Å². The minimum atomic E-state index is -4.48. The summed E-state index contributed by atoms with van der Waals surface area (Å²) in [5.74, 6) is -4.55. The maximum Gasteiger partial charge on any atom is 0.312 e. The van der Waals surface area contributed by atoms with Gasteiger partial charge in [0.2, 0.25) is 29.5 Å². The number of nitrogens with one attached hydrogen (secondary N) is 6. The maximum atomic E-state index is 14.3. The van der Waals surface area contributed by atoms with E-state index in [1.54, 1.807) is 20.9 Å². The predicted octanol–water partition coefficient (Wildman–Crippen LogP) is 4.03. The number of urea groups is 1. The first-order chi connectivity index (χ1) is 36.5. The molecule has 1 aromatic rings. The number of nitrogens with zero attached hydrogens (tertiary/aromatic N) is 3. The van der Waals surface area contributed by atoms with Crippen molar-refractivity contribution >= 4 is 69.0 Å². The second kappa shape index (κ2) is 28.6. The van der Waals surface area contributed by atoms with Crippen LogP contribution in [0, 0.1) is 22.2 Å². The first-order valence-corrected chi connectivity index (χ1v) is 28.3. The number of sulfonamides is 1. The quantitative estimate of drug-likeness (QED) is 0.0270. The Morgan fingerprint density at radius 3 is 2.00 bits per heavy atom. The van der Waals surface area contributed by atoms with Crippen LogP contribution in [0.2, 0.25) is 0 Å². The summed E-state index contributed by atoms with van der Waals surface area (Å²) in [6.07, 6.45) is 6.62. The fraction of sp³-hybridized carbons (Fsp3) is 0.625. The molecule has 8 N–H and O–H groups in total. The number of hydrogen-bond acceptors (Lipinski definition) is 13. The lowest BCUT2D eigenvalue weighted by Crippen LogP contribution is -2.60. The van der Waals surface area contributed by atoms with E-state index in [0.29, 0.717) is 6.42 Å². The summed E-state index contributed by atoms with van der Waals surface area (Å²) in [6, 6.07) is -0.191. The van der Waals surface area contributed by atoms with E-state index in [1.807, 2.05) is 62.3 Å². The fourth-order valence-electron chi connectivity index (χ4n) is 9.20. The Morgan fingerprint density at radius 1 is 0.861 bits per heavy atom. The van der Waals surface area contributed by atoms with Crippen molar-refractivity contribution in [2.45, 2.75) is 170 Å². The van der Waals surface area contributed by atoms with E-state index in [9.17, 15) is 51.6 Å². The van der Waals surface area contributed by atoms with Gasteiger partial charge in [0.25, 0.3) is 27.7 Å². The zero-order chi connectivity index (χ0) is 60.0. The highest BCUT2D eigenvalue weighted by atomic mass is 32.2. The van der Waals surface area contributed by atoms with Crippen molar-refractivity contribution in [3.05, 3.63) is 60.2 Å². The average molecular weight is 1130 g/mol. The Kier molecular flexibility index (Phi) is 24.2. The zero-order valence-electron chi connectivity index (χ0n) is 48.8. The number of anilines is 1. The number of imide groups is 1. The van der Waals surface area contributed by atoms with Crippen LogP contribution >= 0.6 is 0 Å². The predicted molar refractivity (Wildman–Crippen MR) is 301 cm³/mol. The molecule has 0 spiro atoms. The van der Waals surface area contributed by atoms with Crippen LogP contribution in [0.15, 0.2) is 65.1 Å².